The van der Waals surface area contributed by atoms with Gasteiger partial charge in [-0.3, -0.25) is 0 Å². The monoisotopic (exact) mass is 234 g/mol. The third kappa shape index (κ3) is 1.82. The van der Waals surface area contributed by atoms with Gasteiger partial charge in [0, 0.05) is 11.5 Å². The van der Waals surface area contributed by atoms with Crippen LogP contribution in [-0.4, -0.2) is 18.1 Å². The predicted molar refractivity (Wildman–Crippen MR) is 63.4 cm³/mol. The van der Waals surface area contributed by atoms with Gasteiger partial charge in [0.25, 0.3) is 0 Å². The first-order chi connectivity index (χ1) is 8.17. The van der Waals surface area contributed by atoms with Gasteiger partial charge in [0.2, 0.25) is 5.89 Å². The van der Waals surface area contributed by atoms with E-state index in [-0.39, 0.29) is 11.2 Å². The molecule has 0 bridgehead atoms. The lowest BCUT2D eigenvalue weighted by atomic mass is 9.81. The zero-order valence-corrected chi connectivity index (χ0v) is 9.79. The summed E-state index contributed by atoms with van der Waals surface area (Å²) in [6, 6.07) is 4.48. The Morgan fingerprint density at radius 1 is 1.35 bits per heavy atom. The minimum atomic E-state index is -0.282. The molecule has 1 aromatic heterocycles. The van der Waals surface area contributed by atoms with E-state index < -0.39 is 0 Å². The largest absolute Gasteiger partial charge is 0.440 e. The zero-order valence-electron chi connectivity index (χ0n) is 9.79. The molecule has 0 radical (unpaired) electrons. The van der Waals surface area contributed by atoms with Crippen molar-refractivity contribution in [3.63, 3.8) is 0 Å². The highest BCUT2D eigenvalue weighted by Gasteiger charge is 2.33. The second-order valence-corrected chi connectivity index (χ2v) is 4.94. The van der Waals surface area contributed by atoms with Crippen molar-refractivity contribution in [2.75, 3.05) is 13.1 Å². The molecule has 2 aromatic rings. The number of hydrogen-bond donors (Lipinski definition) is 1. The molecule has 1 aliphatic rings. The molecule has 1 fully saturated rings. The van der Waals surface area contributed by atoms with Crippen molar-refractivity contribution in [3.8, 4) is 0 Å². The molecule has 0 unspecified atom stereocenters. The zero-order chi connectivity index (χ0) is 11.9. The quantitative estimate of drug-likeness (QED) is 0.824. The summed E-state index contributed by atoms with van der Waals surface area (Å²) < 4.78 is 18.8. The summed E-state index contributed by atoms with van der Waals surface area (Å²) in [7, 11) is 0. The molecule has 0 atom stereocenters. The van der Waals surface area contributed by atoms with E-state index in [1.165, 1.54) is 12.1 Å². The van der Waals surface area contributed by atoms with Crippen LogP contribution >= 0.6 is 0 Å². The standard InChI is InChI=1S/C13H15FN2O/c1-13(4-6-15-7-5-13)12-16-10-3-2-9(14)8-11(10)17-12/h2-3,8,15H,4-7H2,1H3. The summed E-state index contributed by atoms with van der Waals surface area (Å²) in [5.74, 6) is 0.454. The highest BCUT2D eigenvalue weighted by molar-refractivity contribution is 5.72. The van der Waals surface area contributed by atoms with E-state index in [0.717, 1.165) is 37.3 Å². The molecule has 0 saturated carbocycles. The molecule has 1 saturated heterocycles. The van der Waals surface area contributed by atoms with E-state index in [4.69, 9.17) is 4.42 Å². The van der Waals surface area contributed by atoms with Crippen molar-refractivity contribution in [1.82, 2.24) is 10.3 Å². The number of halogens is 1. The number of hydrogen-bond acceptors (Lipinski definition) is 3. The summed E-state index contributed by atoms with van der Waals surface area (Å²) in [6.07, 6.45) is 2.00. The Labute approximate surface area is 99.0 Å². The van der Waals surface area contributed by atoms with Crippen LogP contribution in [0.5, 0.6) is 0 Å². The van der Waals surface area contributed by atoms with E-state index in [0.29, 0.717) is 5.58 Å². The number of rotatable bonds is 1. The van der Waals surface area contributed by atoms with Crippen molar-refractivity contribution in [2.45, 2.75) is 25.2 Å². The van der Waals surface area contributed by atoms with Crippen molar-refractivity contribution >= 4 is 11.1 Å². The number of fused-ring (bicyclic) bond motifs is 1. The molecule has 3 nitrogen and oxygen atoms in total. The molecule has 90 valence electrons. The molecule has 0 aliphatic carbocycles. The van der Waals surface area contributed by atoms with Gasteiger partial charge >= 0.3 is 0 Å². The lowest BCUT2D eigenvalue weighted by Gasteiger charge is -2.30. The number of nitrogens with one attached hydrogen (secondary N) is 1. The number of oxazole rings is 1. The van der Waals surface area contributed by atoms with Crippen molar-refractivity contribution in [3.05, 3.63) is 29.9 Å². The highest BCUT2D eigenvalue weighted by atomic mass is 19.1. The predicted octanol–water partition coefficient (Wildman–Crippen LogP) is 2.61. The molecule has 1 aromatic carbocycles. The maximum absolute atomic E-state index is 13.1. The normalized spacial score (nSPS) is 19.6. The summed E-state index contributed by atoms with van der Waals surface area (Å²) >= 11 is 0. The minimum absolute atomic E-state index is 0.0270. The van der Waals surface area contributed by atoms with Crippen LogP contribution in [0.1, 0.15) is 25.7 Å². The Hall–Kier alpha value is -1.42. The lowest BCUT2D eigenvalue weighted by molar-refractivity contribution is 0.275. The molecule has 4 heteroatoms. The van der Waals surface area contributed by atoms with Gasteiger partial charge in [-0.15, -0.1) is 0 Å². The summed E-state index contributed by atoms with van der Waals surface area (Å²) in [5.41, 5.74) is 1.25. The topological polar surface area (TPSA) is 38.1 Å². The molecule has 1 N–H and O–H groups in total. The molecule has 2 heterocycles. The molecule has 0 amide bonds. The van der Waals surface area contributed by atoms with Crippen molar-refractivity contribution in [2.24, 2.45) is 0 Å². The van der Waals surface area contributed by atoms with E-state index in [9.17, 15) is 4.39 Å². The molecule has 3 rings (SSSR count). The van der Waals surface area contributed by atoms with E-state index in [1.807, 2.05) is 0 Å². The maximum Gasteiger partial charge on any atom is 0.201 e. The first-order valence-corrected chi connectivity index (χ1v) is 5.95. The molecule has 0 spiro atoms. The Morgan fingerprint density at radius 2 is 2.12 bits per heavy atom. The fraction of sp³-hybridized carbons (Fsp3) is 0.462. The van der Waals surface area contributed by atoms with Crippen LogP contribution in [0.15, 0.2) is 22.6 Å². The fourth-order valence-corrected chi connectivity index (χ4v) is 2.35. The van der Waals surface area contributed by atoms with Crippen LogP contribution in [0.3, 0.4) is 0 Å². The molecular weight excluding hydrogens is 219 g/mol. The average molecular weight is 234 g/mol. The number of piperidine rings is 1. The van der Waals surface area contributed by atoms with Gasteiger partial charge in [0.15, 0.2) is 5.58 Å². The van der Waals surface area contributed by atoms with Crippen LogP contribution in [0.4, 0.5) is 4.39 Å². The summed E-state index contributed by atoms with van der Waals surface area (Å²) in [4.78, 5) is 4.49. The van der Waals surface area contributed by atoms with Gasteiger partial charge in [-0.1, -0.05) is 6.92 Å². The van der Waals surface area contributed by atoms with Gasteiger partial charge in [-0.25, -0.2) is 9.37 Å². The van der Waals surface area contributed by atoms with Crippen LogP contribution in [-0.2, 0) is 5.41 Å². The van der Waals surface area contributed by atoms with Crippen molar-refractivity contribution in [1.29, 1.82) is 0 Å². The van der Waals surface area contributed by atoms with E-state index in [2.05, 4.69) is 17.2 Å². The maximum atomic E-state index is 13.1. The van der Waals surface area contributed by atoms with E-state index in [1.54, 1.807) is 6.07 Å². The third-order valence-electron chi connectivity index (χ3n) is 3.57. The average Bonchev–Trinajstić information content (AvgIpc) is 2.73. The Kier molecular flexibility index (Phi) is 2.40. The van der Waals surface area contributed by atoms with Crippen molar-refractivity contribution < 1.29 is 8.81 Å². The second-order valence-electron chi connectivity index (χ2n) is 4.94. The Bertz CT molecular complexity index is 543. The van der Waals surface area contributed by atoms with Crippen LogP contribution in [0.25, 0.3) is 11.1 Å². The van der Waals surface area contributed by atoms with E-state index >= 15 is 0 Å². The van der Waals surface area contributed by atoms with Crippen LogP contribution in [0.2, 0.25) is 0 Å². The first-order valence-electron chi connectivity index (χ1n) is 5.95. The number of aromatic nitrogens is 1. The van der Waals surface area contributed by atoms with Gasteiger partial charge in [0.1, 0.15) is 11.3 Å². The van der Waals surface area contributed by atoms with Gasteiger partial charge < -0.3 is 9.73 Å². The second kappa shape index (κ2) is 3.81. The lowest BCUT2D eigenvalue weighted by Crippen LogP contribution is -2.37. The number of nitrogens with zero attached hydrogens (tertiary/aromatic N) is 1. The fourth-order valence-electron chi connectivity index (χ4n) is 2.35. The number of benzene rings is 1. The Balaban J connectivity index is 2.05. The molecule has 1 aliphatic heterocycles. The van der Waals surface area contributed by atoms with Gasteiger partial charge in [0.05, 0.1) is 0 Å². The van der Waals surface area contributed by atoms with Gasteiger partial charge in [-0.05, 0) is 38.1 Å². The minimum Gasteiger partial charge on any atom is -0.440 e. The smallest absolute Gasteiger partial charge is 0.201 e. The van der Waals surface area contributed by atoms with Crippen LogP contribution in [0, 0.1) is 5.82 Å². The molecule has 17 heavy (non-hydrogen) atoms. The first kappa shape index (κ1) is 10.7. The highest BCUT2D eigenvalue weighted by Crippen LogP contribution is 2.34. The Morgan fingerprint density at radius 3 is 2.88 bits per heavy atom. The van der Waals surface area contributed by atoms with Crippen LogP contribution < -0.4 is 5.32 Å². The molecular formula is C13H15FN2O. The third-order valence-corrected chi connectivity index (χ3v) is 3.57. The summed E-state index contributed by atoms with van der Waals surface area (Å²) in [6.45, 7) is 4.11. The summed E-state index contributed by atoms with van der Waals surface area (Å²) in [5, 5.41) is 3.32. The SMILES string of the molecule is CC1(c2nc3ccc(F)cc3o2)CCNCC1. The van der Waals surface area contributed by atoms with Gasteiger partial charge in [-0.2, -0.15) is 0 Å².